The predicted octanol–water partition coefficient (Wildman–Crippen LogP) is 3.33. The maximum atomic E-state index is 13.0. The van der Waals surface area contributed by atoms with Crippen LogP contribution in [-0.4, -0.2) is 30.7 Å². The van der Waals surface area contributed by atoms with Crippen LogP contribution in [0, 0.1) is 5.82 Å². The van der Waals surface area contributed by atoms with Gasteiger partial charge in [-0.15, -0.1) is 0 Å². The second-order valence-electron chi connectivity index (χ2n) is 5.29. The van der Waals surface area contributed by atoms with Gasteiger partial charge in [-0.3, -0.25) is 4.99 Å². The van der Waals surface area contributed by atoms with Gasteiger partial charge in [-0.05, 0) is 47.6 Å². The summed E-state index contributed by atoms with van der Waals surface area (Å²) in [6, 6.07) is 6.67. The average molecular weight is 268 g/mol. The van der Waals surface area contributed by atoms with Crippen LogP contribution in [0.5, 0.6) is 0 Å². The summed E-state index contributed by atoms with van der Waals surface area (Å²) in [5.41, 5.74) is 4.40. The summed E-state index contributed by atoms with van der Waals surface area (Å²) in [6.45, 7) is 0. The first kappa shape index (κ1) is 12.9. The van der Waals surface area contributed by atoms with Gasteiger partial charge in [0.25, 0.3) is 0 Å². The highest BCUT2D eigenvalue weighted by Gasteiger charge is 2.21. The number of dihydropyridines is 1. The van der Waals surface area contributed by atoms with Crippen LogP contribution < -0.4 is 0 Å². The first-order chi connectivity index (χ1) is 9.63. The van der Waals surface area contributed by atoms with E-state index in [0.29, 0.717) is 0 Å². The molecular formula is C17H17FN2. The van der Waals surface area contributed by atoms with Crippen LogP contribution in [0.25, 0.3) is 0 Å². The Morgan fingerprint density at radius 1 is 1.10 bits per heavy atom. The van der Waals surface area contributed by atoms with Crippen LogP contribution >= 0.6 is 0 Å². The molecule has 0 N–H and O–H groups in total. The highest BCUT2D eigenvalue weighted by Crippen LogP contribution is 2.27. The molecule has 3 rings (SSSR count). The van der Waals surface area contributed by atoms with Gasteiger partial charge in [-0.25, -0.2) is 4.39 Å². The number of rotatable bonds is 2. The lowest BCUT2D eigenvalue weighted by Gasteiger charge is -2.27. The smallest absolute Gasteiger partial charge is 0.123 e. The van der Waals surface area contributed by atoms with Crippen molar-refractivity contribution in [2.75, 3.05) is 14.1 Å². The fourth-order valence-electron chi connectivity index (χ4n) is 2.48. The van der Waals surface area contributed by atoms with E-state index in [4.69, 9.17) is 4.99 Å². The third-order valence-corrected chi connectivity index (χ3v) is 3.70. The predicted molar refractivity (Wildman–Crippen MR) is 80.3 cm³/mol. The minimum atomic E-state index is -0.217. The Morgan fingerprint density at radius 3 is 2.55 bits per heavy atom. The lowest BCUT2D eigenvalue weighted by molar-refractivity contribution is 0.472. The molecule has 1 aliphatic carbocycles. The zero-order valence-corrected chi connectivity index (χ0v) is 11.7. The highest BCUT2D eigenvalue weighted by molar-refractivity contribution is 6.09. The van der Waals surface area contributed by atoms with Gasteiger partial charge in [0, 0.05) is 26.2 Å². The lowest BCUT2D eigenvalue weighted by atomic mass is 9.92. The van der Waals surface area contributed by atoms with Gasteiger partial charge >= 0.3 is 0 Å². The van der Waals surface area contributed by atoms with E-state index in [0.717, 1.165) is 17.7 Å². The molecule has 0 radical (unpaired) electrons. The zero-order chi connectivity index (χ0) is 14.1. The third-order valence-electron chi connectivity index (χ3n) is 3.70. The summed E-state index contributed by atoms with van der Waals surface area (Å²) in [6.07, 6.45) is 9.30. The minimum absolute atomic E-state index is 0.169. The molecule has 1 heterocycles. The Hall–Kier alpha value is -2.16. The summed E-state index contributed by atoms with van der Waals surface area (Å²) >= 11 is 0. The Bertz CT molecular complexity index is 633. The zero-order valence-electron chi connectivity index (χ0n) is 11.7. The van der Waals surface area contributed by atoms with Crippen LogP contribution in [0.3, 0.4) is 0 Å². The Balaban J connectivity index is 1.89. The first-order valence-corrected chi connectivity index (χ1v) is 6.73. The van der Waals surface area contributed by atoms with Crippen molar-refractivity contribution < 1.29 is 4.39 Å². The summed E-state index contributed by atoms with van der Waals surface area (Å²) in [7, 11) is 4.10. The van der Waals surface area contributed by atoms with E-state index >= 15 is 0 Å². The van der Waals surface area contributed by atoms with Crippen molar-refractivity contribution in [3.05, 3.63) is 71.2 Å². The fourth-order valence-corrected chi connectivity index (χ4v) is 2.48. The Kier molecular flexibility index (Phi) is 3.26. The van der Waals surface area contributed by atoms with Crippen LogP contribution in [-0.2, 0) is 0 Å². The fraction of sp³-hybridized carbons (Fsp3) is 0.235. The SMILES string of the molecule is CN(C)C1=CC=C2C=CC(c3ccc(F)cc3)=N[C@H]2C1. The number of hydrogen-bond acceptors (Lipinski definition) is 2. The van der Waals surface area contributed by atoms with Gasteiger partial charge in [0.1, 0.15) is 5.82 Å². The molecule has 102 valence electrons. The molecule has 3 heteroatoms. The Morgan fingerprint density at radius 2 is 1.85 bits per heavy atom. The first-order valence-electron chi connectivity index (χ1n) is 6.73. The summed E-state index contributed by atoms with van der Waals surface area (Å²) < 4.78 is 13.0. The summed E-state index contributed by atoms with van der Waals surface area (Å²) in [4.78, 5) is 6.93. The molecule has 2 aliphatic rings. The second-order valence-corrected chi connectivity index (χ2v) is 5.29. The van der Waals surface area contributed by atoms with Crippen molar-refractivity contribution in [1.29, 1.82) is 0 Å². The van der Waals surface area contributed by atoms with E-state index < -0.39 is 0 Å². The van der Waals surface area contributed by atoms with Crippen molar-refractivity contribution in [2.24, 2.45) is 4.99 Å². The number of fused-ring (bicyclic) bond motifs is 1. The van der Waals surface area contributed by atoms with Crippen molar-refractivity contribution in [3.8, 4) is 0 Å². The molecule has 0 bridgehead atoms. The van der Waals surface area contributed by atoms with Gasteiger partial charge in [0.2, 0.25) is 0 Å². The monoisotopic (exact) mass is 268 g/mol. The largest absolute Gasteiger partial charge is 0.381 e. The lowest BCUT2D eigenvalue weighted by Crippen LogP contribution is -2.23. The van der Waals surface area contributed by atoms with Crippen molar-refractivity contribution in [1.82, 2.24) is 4.90 Å². The molecular weight excluding hydrogens is 251 g/mol. The molecule has 1 atom stereocenters. The van der Waals surface area contributed by atoms with Crippen molar-refractivity contribution in [3.63, 3.8) is 0 Å². The highest BCUT2D eigenvalue weighted by atomic mass is 19.1. The molecule has 0 aromatic heterocycles. The summed E-state index contributed by atoms with van der Waals surface area (Å²) in [5, 5.41) is 0. The molecule has 0 unspecified atom stereocenters. The molecule has 1 aliphatic heterocycles. The number of nitrogens with zero attached hydrogens (tertiary/aromatic N) is 2. The van der Waals surface area contributed by atoms with Crippen LogP contribution in [0.15, 0.2) is 64.8 Å². The van der Waals surface area contributed by atoms with E-state index in [9.17, 15) is 4.39 Å². The number of benzene rings is 1. The maximum Gasteiger partial charge on any atom is 0.123 e. The average Bonchev–Trinajstić information content (AvgIpc) is 2.47. The molecule has 0 fully saturated rings. The Labute approximate surface area is 118 Å². The van der Waals surface area contributed by atoms with E-state index in [1.54, 1.807) is 12.1 Å². The van der Waals surface area contributed by atoms with E-state index in [1.165, 1.54) is 23.4 Å². The van der Waals surface area contributed by atoms with Gasteiger partial charge in [-0.1, -0.05) is 12.2 Å². The number of allylic oxidation sites excluding steroid dienone is 3. The third kappa shape index (κ3) is 2.44. The molecule has 1 aromatic rings. The molecule has 1 aromatic carbocycles. The van der Waals surface area contributed by atoms with E-state index in [-0.39, 0.29) is 11.9 Å². The number of halogens is 1. The minimum Gasteiger partial charge on any atom is -0.381 e. The second kappa shape index (κ2) is 5.08. The standard InChI is InChI=1S/C17H17FN2/c1-20(2)15-9-5-13-6-10-16(19-17(13)11-15)12-3-7-14(18)8-4-12/h3-10,17H,11H2,1-2H3/t17-/m0/s1. The van der Waals surface area contributed by atoms with E-state index in [1.807, 2.05) is 20.2 Å². The number of hydrogen-bond donors (Lipinski definition) is 0. The van der Waals surface area contributed by atoms with Gasteiger partial charge in [-0.2, -0.15) is 0 Å². The van der Waals surface area contributed by atoms with Gasteiger partial charge < -0.3 is 4.90 Å². The molecule has 2 nitrogen and oxygen atoms in total. The quantitative estimate of drug-likeness (QED) is 0.803. The van der Waals surface area contributed by atoms with Crippen LogP contribution in [0.1, 0.15) is 12.0 Å². The molecule has 0 saturated heterocycles. The maximum absolute atomic E-state index is 13.0. The van der Waals surface area contributed by atoms with Gasteiger partial charge in [0.15, 0.2) is 0 Å². The topological polar surface area (TPSA) is 15.6 Å². The molecule has 0 saturated carbocycles. The summed E-state index contributed by atoms with van der Waals surface area (Å²) in [5.74, 6) is -0.217. The van der Waals surface area contributed by atoms with Crippen molar-refractivity contribution >= 4 is 5.71 Å². The molecule has 20 heavy (non-hydrogen) atoms. The molecule has 0 spiro atoms. The van der Waals surface area contributed by atoms with Crippen LogP contribution in [0.2, 0.25) is 0 Å². The van der Waals surface area contributed by atoms with Gasteiger partial charge in [0.05, 0.1) is 11.8 Å². The molecule has 0 amide bonds. The number of aliphatic imine (C=N–C) groups is 1. The van der Waals surface area contributed by atoms with Crippen LogP contribution in [0.4, 0.5) is 4.39 Å². The normalized spacial score (nSPS) is 20.8. The van der Waals surface area contributed by atoms with Crippen molar-refractivity contribution in [2.45, 2.75) is 12.5 Å². The van der Waals surface area contributed by atoms with E-state index in [2.05, 4.69) is 23.1 Å².